The van der Waals surface area contributed by atoms with Crippen molar-refractivity contribution in [2.24, 2.45) is 0 Å². The number of sulfonamides is 1. The van der Waals surface area contributed by atoms with E-state index in [1.54, 1.807) is 36.4 Å². The van der Waals surface area contributed by atoms with E-state index in [2.05, 4.69) is 10.0 Å². The molecule has 4 aromatic carbocycles. The van der Waals surface area contributed by atoms with E-state index in [0.29, 0.717) is 35.2 Å². The lowest BCUT2D eigenvalue weighted by atomic mass is 9.98. The van der Waals surface area contributed by atoms with E-state index in [4.69, 9.17) is 0 Å². The van der Waals surface area contributed by atoms with Gasteiger partial charge in [0.05, 0.1) is 10.5 Å². The van der Waals surface area contributed by atoms with Crippen molar-refractivity contribution in [2.45, 2.75) is 30.0 Å². The molecular formula is C29H22F4N2O3S. The lowest BCUT2D eigenvalue weighted by molar-refractivity contribution is -0.137. The number of rotatable bonds is 6. The number of amides is 1. The molecule has 0 saturated carbocycles. The van der Waals surface area contributed by atoms with E-state index in [-0.39, 0.29) is 4.90 Å². The topological polar surface area (TPSA) is 75.3 Å². The molecule has 0 radical (unpaired) electrons. The Bertz CT molecular complexity index is 1630. The molecule has 5 nitrogen and oxygen atoms in total. The number of halogens is 4. The maximum absolute atomic E-state index is 13.2. The Morgan fingerprint density at radius 2 is 1.49 bits per heavy atom. The SMILES string of the molecule is O=C(Nc1ccc2c(c1)CC(NS(=O)(=O)c1ccc(F)cc1)C2)c1ccccc1-c1ccc(C(F)(F)F)cc1. The van der Waals surface area contributed by atoms with Gasteiger partial charge in [0.1, 0.15) is 5.82 Å². The number of hydrogen-bond donors (Lipinski definition) is 2. The average molecular weight is 555 g/mol. The highest BCUT2D eigenvalue weighted by molar-refractivity contribution is 7.89. The fourth-order valence-electron chi connectivity index (χ4n) is 4.65. The second-order valence-corrected chi connectivity index (χ2v) is 11.0. The molecule has 2 N–H and O–H groups in total. The lowest BCUT2D eigenvalue weighted by Crippen LogP contribution is -2.35. The number of alkyl halides is 3. The van der Waals surface area contributed by atoms with Crippen molar-refractivity contribution in [3.63, 3.8) is 0 Å². The average Bonchev–Trinajstić information content (AvgIpc) is 3.29. The van der Waals surface area contributed by atoms with Crippen molar-refractivity contribution >= 4 is 21.6 Å². The second-order valence-electron chi connectivity index (χ2n) is 9.24. The van der Waals surface area contributed by atoms with Gasteiger partial charge in [-0.1, -0.05) is 36.4 Å². The molecule has 0 heterocycles. The summed E-state index contributed by atoms with van der Waals surface area (Å²) in [5.41, 5.74) is 2.79. The van der Waals surface area contributed by atoms with Gasteiger partial charge < -0.3 is 5.32 Å². The molecule has 1 amide bonds. The maximum Gasteiger partial charge on any atom is 0.416 e. The molecule has 10 heteroatoms. The van der Waals surface area contributed by atoms with Gasteiger partial charge in [0.2, 0.25) is 10.0 Å². The highest BCUT2D eigenvalue weighted by Crippen LogP contribution is 2.32. The van der Waals surface area contributed by atoms with Gasteiger partial charge in [-0.3, -0.25) is 4.79 Å². The van der Waals surface area contributed by atoms with Gasteiger partial charge in [-0.05, 0) is 89.7 Å². The van der Waals surface area contributed by atoms with Crippen LogP contribution in [0.5, 0.6) is 0 Å². The van der Waals surface area contributed by atoms with Crippen molar-refractivity contribution in [1.29, 1.82) is 0 Å². The standard InChI is InChI=1S/C29H22F4N2O3S/c30-22-10-13-25(14-11-22)39(37,38)35-24-15-19-7-12-23(16-20(19)17-24)34-28(36)27-4-2-1-3-26(27)18-5-8-21(9-6-18)29(31,32)33/h1-14,16,24,35H,15,17H2,(H,34,36). The molecule has 4 aromatic rings. The largest absolute Gasteiger partial charge is 0.416 e. The minimum Gasteiger partial charge on any atom is -0.322 e. The summed E-state index contributed by atoms with van der Waals surface area (Å²) in [5.74, 6) is -0.962. The summed E-state index contributed by atoms with van der Waals surface area (Å²) in [6.07, 6.45) is -3.59. The summed E-state index contributed by atoms with van der Waals surface area (Å²) < 4.78 is 80.1. The molecule has 1 atom stereocenters. The monoisotopic (exact) mass is 554 g/mol. The zero-order chi connectivity index (χ0) is 27.8. The van der Waals surface area contributed by atoms with Gasteiger partial charge in [-0.15, -0.1) is 0 Å². The fourth-order valence-corrected chi connectivity index (χ4v) is 5.89. The van der Waals surface area contributed by atoms with Crippen molar-refractivity contribution in [3.8, 4) is 11.1 Å². The van der Waals surface area contributed by atoms with Crippen LogP contribution >= 0.6 is 0 Å². The molecule has 39 heavy (non-hydrogen) atoms. The molecule has 1 aliphatic rings. The molecule has 0 saturated heterocycles. The maximum atomic E-state index is 13.2. The normalized spacial score (nSPS) is 15.1. The van der Waals surface area contributed by atoms with Crippen LogP contribution in [0.25, 0.3) is 11.1 Å². The number of hydrogen-bond acceptors (Lipinski definition) is 3. The molecule has 0 aliphatic heterocycles. The Morgan fingerprint density at radius 1 is 0.821 bits per heavy atom. The predicted octanol–water partition coefficient (Wildman–Crippen LogP) is 6.21. The second kappa shape index (κ2) is 10.3. The first kappa shape index (κ1) is 26.6. The summed E-state index contributed by atoms with van der Waals surface area (Å²) in [6, 6.07) is 20.7. The minimum atomic E-state index is -4.46. The first-order valence-electron chi connectivity index (χ1n) is 12.0. The Labute approximate surface area is 222 Å². The molecule has 1 unspecified atom stereocenters. The van der Waals surface area contributed by atoms with Crippen molar-refractivity contribution < 1.29 is 30.8 Å². The molecular weight excluding hydrogens is 532 g/mol. The smallest absolute Gasteiger partial charge is 0.322 e. The molecule has 1 aliphatic carbocycles. The number of carbonyl (C=O) groups is 1. The highest BCUT2D eigenvalue weighted by Gasteiger charge is 2.30. The van der Waals surface area contributed by atoms with Crippen LogP contribution in [0.1, 0.15) is 27.0 Å². The molecule has 0 aromatic heterocycles. The third-order valence-corrected chi connectivity index (χ3v) is 8.07. The minimum absolute atomic E-state index is 0.0282. The van der Waals surface area contributed by atoms with Gasteiger partial charge >= 0.3 is 6.18 Å². The third-order valence-electron chi connectivity index (χ3n) is 6.54. The fraction of sp³-hybridized carbons (Fsp3) is 0.138. The van der Waals surface area contributed by atoms with E-state index >= 15 is 0 Å². The van der Waals surface area contributed by atoms with Gasteiger partial charge in [-0.25, -0.2) is 17.5 Å². The number of fused-ring (bicyclic) bond motifs is 1. The summed E-state index contributed by atoms with van der Waals surface area (Å²) >= 11 is 0. The van der Waals surface area contributed by atoms with Crippen LogP contribution in [0.15, 0.2) is 95.9 Å². The highest BCUT2D eigenvalue weighted by atomic mass is 32.2. The number of benzene rings is 4. The van der Waals surface area contributed by atoms with Crippen LogP contribution in [0, 0.1) is 5.82 Å². The van der Waals surface area contributed by atoms with Gasteiger partial charge in [-0.2, -0.15) is 13.2 Å². The van der Waals surface area contributed by atoms with Gasteiger partial charge in [0, 0.05) is 17.3 Å². The first-order valence-corrected chi connectivity index (χ1v) is 13.5. The van der Waals surface area contributed by atoms with Crippen molar-refractivity contribution in [3.05, 3.63) is 119 Å². The van der Waals surface area contributed by atoms with Crippen molar-refractivity contribution in [2.75, 3.05) is 5.32 Å². The molecule has 0 spiro atoms. The van der Waals surface area contributed by atoms with E-state index < -0.39 is 39.5 Å². The van der Waals surface area contributed by atoms with E-state index in [0.717, 1.165) is 35.4 Å². The van der Waals surface area contributed by atoms with Crippen LogP contribution in [-0.2, 0) is 29.0 Å². The summed E-state index contributed by atoms with van der Waals surface area (Å²) in [7, 11) is -3.83. The number of carbonyl (C=O) groups excluding carboxylic acids is 1. The molecule has 0 fully saturated rings. The Morgan fingerprint density at radius 3 is 2.18 bits per heavy atom. The first-order chi connectivity index (χ1) is 18.5. The third kappa shape index (κ3) is 5.86. The predicted molar refractivity (Wildman–Crippen MR) is 139 cm³/mol. The van der Waals surface area contributed by atoms with Gasteiger partial charge in [0.25, 0.3) is 5.91 Å². The Kier molecular flexibility index (Phi) is 7.00. The van der Waals surface area contributed by atoms with Crippen molar-refractivity contribution in [1.82, 2.24) is 4.72 Å². The summed E-state index contributed by atoms with van der Waals surface area (Å²) in [5, 5.41) is 2.83. The zero-order valence-corrected chi connectivity index (χ0v) is 21.1. The van der Waals surface area contributed by atoms with E-state index in [1.807, 2.05) is 6.07 Å². The number of nitrogens with one attached hydrogen (secondary N) is 2. The molecule has 5 rings (SSSR count). The van der Waals surface area contributed by atoms with E-state index in [9.17, 15) is 30.8 Å². The van der Waals surface area contributed by atoms with Crippen LogP contribution in [0.3, 0.4) is 0 Å². The van der Waals surface area contributed by atoms with Crippen LogP contribution < -0.4 is 10.0 Å². The van der Waals surface area contributed by atoms with Gasteiger partial charge in [0.15, 0.2) is 0 Å². The Balaban J connectivity index is 1.30. The number of anilines is 1. The van der Waals surface area contributed by atoms with Crippen LogP contribution in [-0.4, -0.2) is 20.4 Å². The summed E-state index contributed by atoms with van der Waals surface area (Å²) in [6.45, 7) is 0. The lowest BCUT2D eigenvalue weighted by Gasteiger charge is -2.13. The van der Waals surface area contributed by atoms with E-state index in [1.165, 1.54) is 24.3 Å². The van der Waals surface area contributed by atoms with Crippen LogP contribution in [0.2, 0.25) is 0 Å². The summed E-state index contributed by atoms with van der Waals surface area (Å²) in [4.78, 5) is 13.1. The zero-order valence-electron chi connectivity index (χ0n) is 20.3. The molecule has 200 valence electrons. The molecule has 0 bridgehead atoms. The quantitative estimate of drug-likeness (QED) is 0.279. The van der Waals surface area contributed by atoms with Crippen LogP contribution in [0.4, 0.5) is 23.2 Å². The Hall–Kier alpha value is -4.02.